The lowest BCUT2D eigenvalue weighted by atomic mass is 9.95. The molecule has 2 atom stereocenters. The lowest BCUT2D eigenvalue weighted by Gasteiger charge is -2.35. The van der Waals surface area contributed by atoms with Gasteiger partial charge in [0.2, 0.25) is 10.0 Å². The third kappa shape index (κ3) is 6.40. The van der Waals surface area contributed by atoms with Crippen molar-refractivity contribution in [3.63, 3.8) is 0 Å². The van der Waals surface area contributed by atoms with E-state index in [0.717, 1.165) is 51.5 Å². The number of likely N-dealkylation sites (tertiary alicyclic amines) is 1. The molecule has 0 aliphatic carbocycles. The zero-order valence-electron chi connectivity index (χ0n) is 11.4. The summed E-state index contributed by atoms with van der Waals surface area (Å²) in [6.45, 7) is 5.36. The van der Waals surface area contributed by atoms with E-state index in [2.05, 4.69) is 10.2 Å². The summed E-state index contributed by atoms with van der Waals surface area (Å²) in [6.07, 6.45) is 4.65. The van der Waals surface area contributed by atoms with Gasteiger partial charge in [0.15, 0.2) is 0 Å². The molecule has 5 nitrogen and oxygen atoms in total. The van der Waals surface area contributed by atoms with Crippen molar-refractivity contribution in [3.8, 4) is 0 Å². The summed E-state index contributed by atoms with van der Waals surface area (Å²) in [7, 11) is -3.32. The molecule has 0 bridgehead atoms. The van der Waals surface area contributed by atoms with Crippen molar-refractivity contribution in [2.24, 2.45) is 17.0 Å². The van der Waals surface area contributed by atoms with Gasteiger partial charge in [-0.25, -0.2) is 13.6 Å². The lowest BCUT2D eigenvalue weighted by Crippen LogP contribution is -2.44. The molecule has 2 aliphatic heterocycles. The van der Waals surface area contributed by atoms with E-state index in [1.165, 1.54) is 12.8 Å². The first kappa shape index (κ1) is 17.2. The highest BCUT2D eigenvalue weighted by Gasteiger charge is 2.25. The number of hydrogen-bond acceptors (Lipinski definition) is 4. The van der Waals surface area contributed by atoms with Crippen LogP contribution < -0.4 is 10.5 Å². The molecular formula is C12H26ClN3O2S. The summed E-state index contributed by atoms with van der Waals surface area (Å²) in [6, 6.07) is 0. The molecule has 0 radical (unpaired) electrons. The van der Waals surface area contributed by atoms with Gasteiger partial charge in [-0.1, -0.05) is 0 Å². The second-order valence-electron chi connectivity index (χ2n) is 5.81. The van der Waals surface area contributed by atoms with Crippen LogP contribution in [0.5, 0.6) is 0 Å². The number of rotatable bonds is 4. The second-order valence-corrected chi connectivity index (χ2v) is 7.47. The molecule has 2 unspecified atom stereocenters. The highest BCUT2D eigenvalue weighted by molar-refractivity contribution is 7.89. The molecular weight excluding hydrogens is 286 g/mol. The Bertz CT molecular complexity index is 358. The number of sulfonamides is 1. The molecule has 2 saturated heterocycles. The minimum atomic E-state index is -3.32. The molecule has 3 N–H and O–H groups in total. The fourth-order valence-corrected chi connectivity index (χ4v) is 4.16. The topological polar surface area (TPSA) is 75.4 Å². The molecule has 2 fully saturated rings. The normalized spacial score (nSPS) is 29.7. The number of hydrogen-bond donors (Lipinski definition) is 2. The van der Waals surface area contributed by atoms with Crippen LogP contribution in [0.1, 0.15) is 25.7 Å². The molecule has 0 aromatic carbocycles. The fourth-order valence-electron chi connectivity index (χ4n) is 3.23. The van der Waals surface area contributed by atoms with Gasteiger partial charge in [0.05, 0.1) is 5.75 Å². The van der Waals surface area contributed by atoms with Crippen molar-refractivity contribution in [2.75, 3.05) is 38.5 Å². The Morgan fingerprint density at radius 2 is 1.95 bits per heavy atom. The Morgan fingerprint density at radius 1 is 1.21 bits per heavy atom. The molecule has 19 heavy (non-hydrogen) atoms. The summed E-state index contributed by atoms with van der Waals surface area (Å²) in [5.74, 6) is 1.10. The number of nitrogens with two attached hydrogens (primary N) is 1. The SMILES string of the molecule is Cl.NS(=O)(=O)CC1CCCN(CC2CCCNC2)C1. The summed E-state index contributed by atoms with van der Waals surface area (Å²) >= 11 is 0. The number of halogens is 1. The van der Waals surface area contributed by atoms with E-state index in [9.17, 15) is 8.42 Å². The molecule has 2 heterocycles. The third-order valence-electron chi connectivity index (χ3n) is 3.99. The van der Waals surface area contributed by atoms with Crippen LogP contribution in [0.25, 0.3) is 0 Å². The Morgan fingerprint density at radius 3 is 2.58 bits per heavy atom. The molecule has 0 aromatic heterocycles. The van der Waals surface area contributed by atoms with Crippen molar-refractivity contribution in [2.45, 2.75) is 25.7 Å². The number of primary sulfonamides is 1. The van der Waals surface area contributed by atoms with Crippen molar-refractivity contribution < 1.29 is 8.42 Å². The van der Waals surface area contributed by atoms with E-state index in [1.807, 2.05) is 0 Å². The van der Waals surface area contributed by atoms with Crippen LogP contribution in [-0.2, 0) is 10.0 Å². The van der Waals surface area contributed by atoms with E-state index in [4.69, 9.17) is 5.14 Å². The van der Waals surface area contributed by atoms with Gasteiger partial charge in [0.1, 0.15) is 0 Å². The van der Waals surface area contributed by atoms with Crippen LogP contribution in [0, 0.1) is 11.8 Å². The lowest BCUT2D eigenvalue weighted by molar-refractivity contribution is 0.149. The van der Waals surface area contributed by atoms with Crippen molar-refractivity contribution in [3.05, 3.63) is 0 Å². The van der Waals surface area contributed by atoms with E-state index in [1.54, 1.807) is 0 Å². The van der Waals surface area contributed by atoms with Crippen LogP contribution in [0.4, 0.5) is 0 Å². The van der Waals surface area contributed by atoms with E-state index in [0.29, 0.717) is 0 Å². The van der Waals surface area contributed by atoms with Crippen molar-refractivity contribution in [1.29, 1.82) is 0 Å². The molecule has 2 aliphatic rings. The summed E-state index contributed by atoms with van der Waals surface area (Å²) < 4.78 is 22.3. The first-order valence-corrected chi connectivity index (χ1v) is 8.68. The molecule has 7 heteroatoms. The molecule has 114 valence electrons. The summed E-state index contributed by atoms with van der Waals surface area (Å²) in [5.41, 5.74) is 0. The van der Waals surface area contributed by atoms with Gasteiger partial charge in [-0.05, 0) is 57.2 Å². The molecule has 0 saturated carbocycles. The summed E-state index contributed by atoms with van der Waals surface area (Å²) in [4.78, 5) is 2.43. The number of nitrogens with zero attached hydrogens (tertiary/aromatic N) is 1. The van der Waals surface area contributed by atoms with Crippen molar-refractivity contribution >= 4 is 22.4 Å². The Hall–Kier alpha value is 0.120. The van der Waals surface area contributed by atoms with Crippen LogP contribution in [0.2, 0.25) is 0 Å². The molecule has 0 spiro atoms. The zero-order valence-corrected chi connectivity index (χ0v) is 13.0. The van der Waals surface area contributed by atoms with E-state index in [-0.39, 0.29) is 24.1 Å². The summed E-state index contributed by atoms with van der Waals surface area (Å²) in [5, 5.41) is 8.57. The number of nitrogens with one attached hydrogen (secondary N) is 1. The highest BCUT2D eigenvalue weighted by atomic mass is 35.5. The molecule has 2 rings (SSSR count). The minimum absolute atomic E-state index is 0. The van der Waals surface area contributed by atoms with E-state index < -0.39 is 10.0 Å². The van der Waals surface area contributed by atoms with Crippen LogP contribution >= 0.6 is 12.4 Å². The smallest absolute Gasteiger partial charge is 0.209 e. The average Bonchev–Trinajstić information content (AvgIpc) is 2.28. The maximum absolute atomic E-state index is 11.1. The third-order valence-corrected chi connectivity index (χ3v) is 4.92. The van der Waals surface area contributed by atoms with Gasteiger partial charge in [-0.2, -0.15) is 0 Å². The van der Waals surface area contributed by atoms with Gasteiger partial charge < -0.3 is 10.2 Å². The minimum Gasteiger partial charge on any atom is -0.316 e. The quantitative estimate of drug-likeness (QED) is 0.788. The van der Waals surface area contributed by atoms with Gasteiger partial charge in [-0.3, -0.25) is 0 Å². The molecule has 0 amide bonds. The Kier molecular flexibility index (Phi) is 7.04. The maximum Gasteiger partial charge on any atom is 0.209 e. The van der Waals surface area contributed by atoms with Gasteiger partial charge >= 0.3 is 0 Å². The van der Waals surface area contributed by atoms with E-state index >= 15 is 0 Å². The van der Waals surface area contributed by atoms with Crippen molar-refractivity contribution in [1.82, 2.24) is 10.2 Å². The van der Waals surface area contributed by atoms with Crippen LogP contribution in [0.15, 0.2) is 0 Å². The first-order valence-electron chi connectivity index (χ1n) is 6.96. The fraction of sp³-hybridized carbons (Fsp3) is 1.00. The largest absolute Gasteiger partial charge is 0.316 e. The number of piperidine rings is 2. The van der Waals surface area contributed by atoms with Gasteiger partial charge in [0.25, 0.3) is 0 Å². The average molecular weight is 312 g/mol. The van der Waals surface area contributed by atoms with Gasteiger partial charge in [-0.15, -0.1) is 12.4 Å². The predicted molar refractivity (Wildman–Crippen MR) is 80.0 cm³/mol. The maximum atomic E-state index is 11.1. The zero-order chi connectivity index (χ0) is 13.0. The molecule has 0 aromatic rings. The highest BCUT2D eigenvalue weighted by Crippen LogP contribution is 2.20. The van der Waals surface area contributed by atoms with Crippen LogP contribution in [0.3, 0.4) is 0 Å². The monoisotopic (exact) mass is 311 g/mol. The Labute approximate surface area is 122 Å². The standard InChI is InChI=1S/C12H25N3O2S.ClH/c13-18(16,17)10-12-4-2-6-15(9-12)8-11-3-1-5-14-7-11;/h11-12,14H,1-10H2,(H2,13,16,17);1H. The first-order chi connectivity index (χ1) is 8.53. The van der Waals surface area contributed by atoms with Gasteiger partial charge in [0, 0.05) is 13.1 Å². The predicted octanol–water partition coefficient (Wildman–Crippen LogP) is 0.408. The second kappa shape index (κ2) is 7.78. The van der Waals surface area contributed by atoms with Crippen LogP contribution in [-0.4, -0.2) is 51.8 Å². The Balaban J connectivity index is 0.00000180.